The predicted molar refractivity (Wildman–Crippen MR) is 103 cm³/mol. The Bertz CT molecular complexity index is 998. The van der Waals surface area contributed by atoms with Gasteiger partial charge in [-0.3, -0.25) is 4.79 Å². The Morgan fingerprint density at radius 2 is 2.04 bits per heavy atom. The first kappa shape index (κ1) is 18.3. The fourth-order valence-electron chi connectivity index (χ4n) is 3.62. The Morgan fingerprint density at radius 1 is 1.25 bits per heavy atom. The predicted octanol–water partition coefficient (Wildman–Crippen LogP) is 3.53. The van der Waals surface area contributed by atoms with Crippen LogP contribution < -0.4 is 0 Å². The maximum Gasteiger partial charge on any atom is 0.227 e. The molecule has 28 heavy (non-hydrogen) atoms. The topological polar surface area (TPSA) is 74.8 Å². The fraction of sp³-hybridized carbons (Fsp3) is 0.333. The summed E-state index contributed by atoms with van der Waals surface area (Å²) < 4.78 is 13.1. The van der Waals surface area contributed by atoms with E-state index in [0.717, 1.165) is 35.5 Å². The van der Waals surface area contributed by atoms with Gasteiger partial charge < -0.3 is 9.88 Å². The fourth-order valence-corrected chi connectivity index (χ4v) is 3.62. The number of aryl methyl sites for hydroxylation is 2. The van der Waals surface area contributed by atoms with Crippen molar-refractivity contribution in [1.82, 2.24) is 24.8 Å². The molecule has 1 saturated heterocycles. The molecule has 1 aliphatic rings. The van der Waals surface area contributed by atoms with E-state index >= 15 is 0 Å². The SMILES string of the molecule is Cc1cc(-c2ncc(C)[nH]2)nc([C@H]2CCCN2C(=O)Cc2ccc(F)cc2)n1. The number of benzene rings is 1. The Kier molecular flexibility index (Phi) is 4.90. The van der Waals surface area contributed by atoms with Crippen LogP contribution in [-0.2, 0) is 11.2 Å². The number of carbonyl (C=O) groups excluding carboxylic acids is 1. The second-order valence-electron chi connectivity index (χ2n) is 7.22. The lowest BCUT2D eigenvalue weighted by molar-refractivity contribution is -0.131. The molecule has 1 N–H and O–H groups in total. The molecule has 1 aliphatic heterocycles. The molecule has 144 valence electrons. The third kappa shape index (κ3) is 3.78. The Balaban J connectivity index is 1.58. The van der Waals surface area contributed by atoms with E-state index in [2.05, 4.69) is 15.0 Å². The first-order chi connectivity index (χ1) is 13.5. The summed E-state index contributed by atoms with van der Waals surface area (Å²) in [4.78, 5) is 31.6. The third-order valence-corrected chi connectivity index (χ3v) is 4.96. The Hall–Kier alpha value is -3.09. The maximum absolute atomic E-state index is 13.1. The zero-order valence-electron chi connectivity index (χ0n) is 15.9. The van der Waals surface area contributed by atoms with Crippen LogP contribution in [0.2, 0.25) is 0 Å². The van der Waals surface area contributed by atoms with Gasteiger partial charge in [0.15, 0.2) is 11.6 Å². The smallest absolute Gasteiger partial charge is 0.227 e. The molecule has 0 saturated carbocycles. The van der Waals surface area contributed by atoms with Crippen LogP contribution in [0, 0.1) is 19.7 Å². The van der Waals surface area contributed by atoms with Gasteiger partial charge in [-0.15, -0.1) is 0 Å². The zero-order chi connectivity index (χ0) is 19.7. The van der Waals surface area contributed by atoms with Gasteiger partial charge in [-0.05, 0) is 50.5 Å². The zero-order valence-corrected chi connectivity index (χ0v) is 15.9. The molecule has 2 aromatic heterocycles. The molecule has 0 aliphatic carbocycles. The van der Waals surface area contributed by atoms with Crippen molar-refractivity contribution in [2.24, 2.45) is 0 Å². The van der Waals surface area contributed by atoms with E-state index < -0.39 is 0 Å². The molecule has 0 unspecified atom stereocenters. The number of imidazole rings is 1. The highest BCUT2D eigenvalue weighted by atomic mass is 19.1. The minimum atomic E-state index is -0.302. The number of likely N-dealkylation sites (tertiary alicyclic amines) is 1. The average Bonchev–Trinajstić information content (AvgIpc) is 3.32. The van der Waals surface area contributed by atoms with E-state index in [4.69, 9.17) is 4.98 Å². The first-order valence-electron chi connectivity index (χ1n) is 9.41. The molecule has 3 heterocycles. The van der Waals surface area contributed by atoms with Crippen molar-refractivity contribution in [3.05, 3.63) is 65.1 Å². The molecule has 1 atom stereocenters. The van der Waals surface area contributed by atoms with Crippen molar-refractivity contribution in [2.75, 3.05) is 6.54 Å². The van der Waals surface area contributed by atoms with Crippen molar-refractivity contribution >= 4 is 5.91 Å². The first-order valence-corrected chi connectivity index (χ1v) is 9.41. The van der Waals surface area contributed by atoms with Gasteiger partial charge in [-0.1, -0.05) is 12.1 Å². The summed E-state index contributed by atoms with van der Waals surface area (Å²) in [5, 5.41) is 0. The molecular weight excluding hydrogens is 357 g/mol. The minimum absolute atomic E-state index is 0.00890. The molecule has 1 aromatic carbocycles. The van der Waals surface area contributed by atoms with E-state index in [1.807, 2.05) is 24.8 Å². The molecular formula is C21H22FN5O. The number of hydrogen-bond donors (Lipinski definition) is 1. The summed E-state index contributed by atoms with van der Waals surface area (Å²) in [5.74, 6) is 1.05. The number of H-pyrrole nitrogens is 1. The number of nitrogens with one attached hydrogen (secondary N) is 1. The number of amides is 1. The molecule has 3 aromatic rings. The molecule has 7 heteroatoms. The van der Waals surface area contributed by atoms with Crippen LogP contribution in [0.25, 0.3) is 11.5 Å². The Morgan fingerprint density at radius 3 is 2.75 bits per heavy atom. The van der Waals surface area contributed by atoms with Crippen LogP contribution >= 0.6 is 0 Å². The molecule has 1 fully saturated rings. The average molecular weight is 379 g/mol. The number of halogens is 1. The van der Waals surface area contributed by atoms with Gasteiger partial charge in [0.2, 0.25) is 5.91 Å². The van der Waals surface area contributed by atoms with E-state index in [9.17, 15) is 9.18 Å². The van der Waals surface area contributed by atoms with Gasteiger partial charge in [0, 0.05) is 24.1 Å². The molecule has 6 nitrogen and oxygen atoms in total. The lowest BCUT2D eigenvalue weighted by Gasteiger charge is -2.24. The molecule has 0 bridgehead atoms. The van der Waals surface area contributed by atoms with E-state index in [0.29, 0.717) is 18.2 Å². The number of nitrogens with zero attached hydrogens (tertiary/aromatic N) is 4. The summed E-state index contributed by atoms with van der Waals surface area (Å²) in [6.45, 7) is 4.54. The van der Waals surface area contributed by atoms with Crippen LogP contribution in [0.4, 0.5) is 4.39 Å². The number of aromatic amines is 1. The van der Waals surface area contributed by atoms with E-state index in [1.165, 1.54) is 12.1 Å². The van der Waals surface area contributed by atoms with Crippen LogP contribution in [0.15, 0.2) is 36.5 Å². The van der Waals surface area contributed by atoms with Gasteiger partial charge in [0.05, 0.1) is 12.5 Å². The van der Waals surface area contributed by atoms with Crippen LogP contribution in [0.5, 0.6) is 0 Å². The summed E-state index contributed by atoms with van der Waals surface area (Å²) in [7, 11) is 0. The summed E-state index contributed by atoms with van der Waals surface area (Å²) in [6, 6.07) is 7.80. The van der Waals surface area contributed by atoms with Crippen molar-refractivity contribution in [2.45, 2.75) is 39.2 Å². The van der Waals surface area contributed by atoms with E-state index in [1.54, 1.807) is 18.3 Å². The minimum Gasteiger partial charge on any atom is -0.341 e. The Labute approximate surface area is 162 Å². The highest BCUT2D eigenvalue weighted by Crippen LogP contribution is 2.31. The summed E-state index contributed by atoms with van der Waals surface area (Å²) >= 11 is 0. The summed E-state index contributed by atoms with van der Waals surface area (Å²) in [6.07, 6.45) is 3.74. The molecule has 0 spiro atoms. The highest BCUT2D eigenvalue weighted by molar-refractivity contribution is 5.79. The van der Waals surface area contributed by atoms with Crippen LogP contribution in [0.1, 0.15) is 41.7 Å². The normalized spacial score (nSPS) is 16.5. The second-order valence-corrected chi connectivity index (χ2v) is 7.22. The van der Waals surface area contributed by atoms with Crippen molar-refractivity contribution < 1.29 is 9.18 Å². The van der Waals surface area contributed by atoms with Crippen molar-refractivity contribution in [1.29, 1.82) is 0 Å². The van der Waals surface area contributed by atoms with Gasteiger partial charge in [-0.25, -0.2) is 19.3 Å². The van der Waals surface area contributed by atoms with Gasteiger partial charge in [-0.2, -0.15) is 0 Å². The monoisotopic (exact) mass is 379 g/mol. The number of rotatable bonds is 4. The summed E-state index contributed by atoms with van der Waals surface area (Å²) in [5.41, 5.74) is 3.33. The molecule has 0 radical (unpaired) electrons. The van der Waals surface area contributed by atoms with Gasteiger partial charge in [0.1, 0.15) is 11.5 Å². The van der Waals surface area contributed by atoms with E-state index in [-0.39, 0.29) is 24.2 Å². The maximum atomic E-state index is 13.1. The molecule has 1 amide bonds. The van der Waals surface area contributed by atoms with Crippen LogP contribution in [-0.4, -0.2) is 37.3 Å². The largest absolute Gasteiger partial charge is 0.341 e. The second kappa shape index (κ2) is 7.50. The quantitative estimate of drug-likeness (QED) is 0.753. The number of hydrogen-bond acceptors (Lipinski definition) is 4. The number of aromatic nitrogens is 4. The van der Waals surface area contributed by atoms with Crippen molar-refractivity contribution in [3.63, 3.8) is 0 Å². The highest BCUT2D eigenvalue weighted by Gasteiger charge is 2.32. The molecule has 4 rings (SSSR count). The van der Waals surface area contributed by atoms with Gasteiger partial charge >= 0.3 is 0 Å². The van der Waals surface area contributed by atoms with Gasteiger partial charge in [0.25, 0.3) is 0 Å². The standard InChI is InChI=1S/C21H22FN5O/c1-13-10-17(20-23-12-14(2)25-20)26-21(24-13)18-4-3-9-27(18)19(28)11-15-5-7-16(22)8-6-15/h5-8,10,12,18H,3-4,9,11H2,1-2H3,(H,23,25)/t18-/m1/s1. The third-order valence-electron chi connectivity index (χ3n) is 4.96. The lowest BCUT2D eigenvalue weighted by Crippen LogP contribution is -2.32. The van der Waals surface area contributed by atoms with Crippen LogP contribution in [0.3, 0.4) is 0 Å². The lowest BCUT2D eigenvalue weighted by atomic mass is 10.1. The number of carbonyl (C=O) groups is 1. The van der Waals surface area contributed by atoms with Crippen molar-refractivity contribution in [3.8, 4) is 11.5 Å².